The summed E-state index contributed by atoms with van der Waals surface area (Å²) in [4.78, 5) is 41.1. The molecule has 7 heteroatoms. The van der Waals surface area contributed by atoms with Crippen LogP contribution in [0.15, 0.2) is 127 Å². The number of nitrogens with zero attached hydrogens (tertiary/aromatic N) is 2. The third-order valence-corrected chi connectivity index (χ3v) is 44.7. The Morgan fingerprint density at radius 2 is 0.620 bits per heavy atom. The molecule has 656 valence electrons. The minimum Gasteiger partial charge on any atom is -0.478 e. The van der Waals surface area contributed by atoms with Crippen LogP contribution < -0.4 is 5.73 Å². The second kappa shape index (κ2) is 28.9. The first-order valence-electron chi connectivity index (χ1n) is 49.7. The highest BCUT2D eigenvalue weighted by atomic mass is 16.4. The molecule has 15 aliphatic carbocycles. The molecule has 2 heterocycles. The first-order chi connectivity index (χ1) is 56.8. The molecule has 3 aromatic rings. The van der Waals surface area contributed by atoms with Gasteiger partial charge < -0.3 is 10.8 Å². The molecular formula is C114H161N3O4. The highest BCUT2D eigenvalue weighted by Gasteiger charge is 2.76. The van der Waals surface area contributed by atoms with Crippen molar-refractivity contribution in [1.29, 1.82) is 0 Å². The molecule has 0 aromatic heterocycles. The smallest absolute Gasteiger partial charge is 0.335 e. The Bertz CT molecular complexity index is 4570. The lowest BCUT2D eigenvalue weighted by Crippen LogP contribution is -2.67. The van der Waals surface area contributed by atoms with Crippen LogP contribution in [0.4, 0.5) is 0 Å². The van der Waals surface area contributed by atoms with Crippen LogP contribution in [-0.2, 0) is 0 Å². The van der Waals surface area contributed by atoms with E-state index in [9.17, 15) is 19.5 Å². The lowest BCUT2D eigenvalue weighted by Gasteiger charge is -2.72. The van der Waals surface area contributed by atoms with Gasteiger partial charge in [0.25, 0.3) is 0 Å². The van der Waals surface area contributed by atoms with Gasteiger partial charge in [0, 0.05) is 53.9 Å². The normalized spacial score (nSPS) is 46.4. The molecule has 7 nitrogen and oxygen atoms in total. The Morgan fingerprint density at radius 3 is 0.917 bits per heavy atom. The van der Waals surface area contributed by atoms with Gasteiger partial charge in [0.15, 0.2) is 11.6 Å². The molecule has 27 atom stereocenters. The quantitative estimate of drug-likeness (QED) is 0.112. The number of carboxylic acid groups (broad SMARTS) is 1. The van der Waals surface area contributed by atoms with Gasteiger partial charge in [0.1, 0.15) is 0 Å². The third-order valence-electron chi connectivity index (χ3n) is 44.7. The van der Waals surface area contributed by atoms with Crippen LogP contribution in [0, 0.1) is 154 Å². The van der Waals surface area contributed by atoms with Gasteiger partial charge >= 0.3 is 5.97 Å². The Morgan fingerprint density at radius 1 is 0.331 bits per heavy atom. The van der Waals surface area contributed by atoms with E-state index in [4.69, 9.17) is 5.73 Å². The van der Waals surface area contributed by atoms with Crippen LogP contribution in [0.25, 0.3) is 16.7 Å². The predicted octanol–water partition coefficient (Wildman–Crippen LogP) is 28.0. The van der Waals surface area contributed by atoms with Crippen LogP contribution in [-0.4, -0.2) is 75.2 Å². The average molecular weight is 1640 g/mol. The number of aromatic carboxylic acids is 1. The number of hydrogen-bond donors (Lipinski definition) is 2. The van der Waals surface area contributed by atoms with Crippen molar-refractivity contribution < 1.29 is 19.5 Å². The van der Waals surface area contributed by atoms with Crippen molar-refractivity contribution >= 4 is 34.3 Å². The number of ketones is 2. The number of carbonyl (C=O) groups is 3. The van der Waals surface area contributed by atoms with E-state index < -0.39 is 5.97 Å². The lowest BCUT2D eigenvalue weighted by atomic mass is 9.33. The van der Waals surface area contributed by atoms with E-state index in [1.54, 1.807) is 26.0 Å². The number of nitrogens with two attached hydrogens (primary N) is 1. The Hall–Kier alpha value is -5.21. The number of carbonyl (C=O) groups excluding carboxylic acids is 2. The summed E-state index contributed by atoms with van der Waals surface area (Å²) in [6.45, 7) is 68.8. The molecule has 0 bridgehead atoms. The van der Waals surface area contributed by atoms with Crippen molar-refractivity contribution in [2.45, 2.75) is 328 Å². The zero-order valence-electron chi connectivity index (χ0n) is 79.5. The van der Waals surface area contributed by atoms with E-state index in [1.165, 1.54) is 243 Å². The molecule has 0 radical (unpaired) electrons. The monoisotopic (exact) mass is 1640 g/mol. The third kappa shape index (κ3) is 12.2. The average Bonchev–Trinajstić information content (AvgIpc) is 1.65. The largest absolute Gasteiger partial charge is 0.478 e. The van der Waals surface area contributed by atoms with E-state index in [2.05, 4.69) is 197 Å². The molecule has 3 N–H and O–H groups in total. The molecular weight excluding hydrogens is 1480 g/mol. The van der Waals surface area contributed by atoms with Gasteiger partial charge in [-0.15, -0.1) is 0 Å². The summed E-state index contributed by atoms with van der Waals surface area (Å²) in [5.41, 5.74) is 26.3. The summed E-state index contributed by atoms with van der Waals surface area (Å²) in [6.07, 6.45) is 43.8. The van der Waals surface area contributed by atoms with Crippen LogP contribution >= 0.6 is 0 Å². The maximum Gasteiger partial charge on any atom is 0.335 e. The number of hydrogen-bond acceptors (Lipinski definition) is 6. The zero-order chi connectivity index (χ0) is 86.5. The maximum absolute atomic E-state index is 11.9. The van der Waals surface area contributed by atoms with Crippen molar-refractivity contribution in [3.05, 3.63) is 161 Å². The van der Waals surface area contributed by atoms with Gasteiger partial charge in [-0.2, -0.15) is 0 Å². The fourth-order valence-corrected chi connectivity index (χ4v) is 38.4. The zero-order valence-corrected chi connectivity index (χ0v) is 79.5. The van der Waals surface area contributed by atoms with Gasteiger partial charge in [-0.3, -0.25) is 19.4 Å². The van der Waals surface area contributed by atoms with Crippen LogP contribution in [0.2, 0.25) is 0 Å². The molecule has 121 heavy (non-hydrogen) atoms. The van der Waals surface area contributed by atoms with Gasteiger partial charge in [-0.05, 0) is 407 Å². The van der Waals surface area contributed by atoms with Crippen molar-refractivity contribution in [1.82, 2.24) is 9.80 Å². The molecule has 3 unspecified atom stereocenters. The molecule has 17 aliphatic rings. The fourth-order valence-electron chi connectivity index (χ4n) is 38.4. The predicted molar refractivity (Wildman–Crippen MR) is 502 cm³/mol. The summed E-state index contributed by atoms with van der Waals surface area (Å²) in [6, 6.07) is 24.5. The van der Waals surface area contributed by atoms with Gasteiger partial charge in [-0.1, -0.05) is 219 Å². The minimum absolute atomic E-state index is 0.0283. The SMILES string of the molecule is C=C(C)[C@@H]1CC[C@]2(N)CC[C@]3(C)C(CC[C@@H]4[C@@]5(C)CC=C(c6ccc(C(C)=O)cc6)C(C)(C)[C@@H]5CC[C@]43C)[C@@H]12.C=C(C)[C@@H]1CC[C@]2(N3CC3)CC[C@]3(C)C(CC[C@@H]4[C@@]5(C)CC=C(c6ccc(C(=O)O)cc6)C(C)(C)[C@@H]5CC[C@]43C)[C@@H]12.C=C(C)[C@@H]1CC[C@]2(N3CC3)CC[C@]3(C)C(CC[C@@H]4[C@@]5(C)CC=C(c6ccc(C(C)=O)cc6)C(C)(C)[C@@H]5CC[C@]43C)[C@@H]12. The highest BCUT2D eigenvalue weighted by molar-refractivity contribution is 5.95. The first kappa shape index (κ1) is 86.5. The Balaban J connectivity index is 0.000000124. The van der Waals surface area contributed by atoms with E-state index in [1.807, 2.05) is 36.4 Å². The summed E-state index contributed by atoms with van der Waals surface area (Å²) in [5, 5.41) is 9.43. The molecule has 0 spiro atoms. The molecule has 12 saturated carbocycles. The Labute approximate surface area is 733 Å². The Kier molecular flexibility index (Phi) is 20.7. The number of Topliss-reactive ketones (excluding diaryl/α,β-unsaturated/α-hetero) is 2. The van der Waals surface area contributed by atoms with Gasteiger partial charge in [0.05, 0.1) is 5.56 Å². The first-order valence-corrected chi connectivity index (χ1v) is 49.7. The molecule has 20 rings (SSSR count). The minimum atomic E-state index is -0.849. The van der Waals surface area contributed by atoms with Crippen LogP contribution in [0.3, 0.4) is 0 Å². The summed E-state index contributed by atoms with van der Waals surface area (Å²) in [5.74, 6) is 10.4. The van der Waals surface area contributed by atoms with E-state index in [0.29, 0.717) is 101 Å². The lowest BCUT2D eigenvalue weighted by molar-refractivity contribution is -0.223. The molecule has 0 amide bonds. The highest BCUT2D eigenvalue weighted by Crippen LogP contribution is 2.82. The summed E-state index contributed by atoms with van der Waals surface area (Å²) < 4.78 is 0. The molecule has 14 fully saturated rings. The molecule has 2 aliphatic heterocycles. The maximum atomic E-state index is 11.9. The van der Waals surface area contributed by atoms with Gasteiger partial charge in [0.2, 0.25) is 0 Å². The molecule has 3 aromatic carbocycles. The summed E-state index contributed by atoms with van der Waals surface area (Å²) in [7, 11) is 0. The van der Waals surface area contributed by atoms with E-state index in [-0.39, 0.29) is 33.4 Å². The number of rotatable bonds is 11. The number of carboxylic acids is 1. The van der Waals surface area contributed by atoms with E-state index >= 15 is 0 Å². The van der Waals surface area contributed by atoms with Crippen LogP contribution in [0.1, 0.15) is 360 Å². The van der Waals surface area contributed by atoms with Crippen molar-refractivity contribution in [3.63, 3.8) is 0 Å². The standard InChI is InChI=1S/C39H55NO.C38H53NO2.C37H53NO/c1-25(2)29-15-20-39(40-23-24-40)22-21-37(7)31(34(29)39)13-14-33-36(6)18-16-30(28-11-9-27(10-12-28)26(3)41)35(4,5)32(36)17-19-38(33,37)8;1-24(2)27-14-19-38(39-22-23-39)21-20-36(6)29(32(27)38)12-13-31-35(5)17-15-28(25-8-10-26(11-9-25)33(40)41)34(3,4)30(35)16-18-37(31,36)7;1-23(2)27-15-20-37(38)22-21-35(7)29(32(27)37)13-14-31-34(6)18-16-28(26-11-9-25(10-12-26)24(3)39)33(4,5)30(34)17-19-36(31,35)8/h9-12,16,29,31-34H,1,13-15,17-24H2,2-8H3;8-11,15,27,29-32H,1,12-14,16-23H2,2-7H3,(H,40,41);9-12,16,27,29-32H,1,13-15,17-22,38H2,2-8H3/t29-,31?,32-,33+,34+,36-,37+,38+,39-;27-,29?,30-,31+,32+,35-,36+,37+,38-;27-,29?,30-,31+,32+,34-,35+,36+,37-/m000/s1. The topological polar surface area (TPSA) is 103 Å². The van der Waals surface area contributed by atoms with Crippen LogP contribution in [0.5, 0.6) is 0 Å². The second-order valence-corrected chi connectivity index (χ2v) is 49.8. The van der Waals surface area contributed by atoms with Crippen molar-refractivity contribution in [2.75, 3.05) is 26.2 Å². The second-order valence-electron chi connectivity index (χ2n) is 49.8. The van der Waals surface area contributed by atoms with E-state index in [0.717, 1.165) is 70.8 Å². The van der Waals surface area contributed by atoms with Crippen molar-refractivity contribution in [3.8, 4) is 0 Å². The fraction of sp³-hybridized carbons (Fsp3) is 0.711. The van der Waals surface area contributed by atoms with Gasteiger partial charge in [-0.25, -0.2) is 4.79 Å². The molecule has 2 saturated heterocycles. The number of benzene rings is 3. The number of allylic oxidation sites excluding steroid dienone is 9. The summed E-state index contributed by atoms with van der Waals surface area (Å²) >= 11 is 0. The number of fused-ring (bicyclic) bond motifs is 21. The van der Waals surface area contributed by atoms with Crippen molar-refractivity contribution in [2.24, 2.45) is 159 Å².